The first kappa shape index (κ1) is 17.9. The van der Waals surface area contributed by atoms with Crippen molar-refractivity contribution in [1.29, 1.82) is 0 Å². The Morgan fingerprint density at radius 2 is 1.96 bits per heavy atom. The van der Waals surface area contributed by atoms with Crippen LogP contribution in [0.2, 0.25) is 0 Å². The number of hydrogen-bond donors (Lipinski definition) is 1. The zero-order chi connectivity index (χ0) is 17.5. The van der Waals surface area contributed by atoms with Crippen LogP contribution in [0.5, 0.6) is 0 Å². The van der Waals surface area contributed by atoms with Crippen LogP contribution >= 0.6 is 0 Å². The van der Waals surface area contributed by atoms with Crippen LogP contribution in [0.15, 0.2) is 24.5 Å². The number of nitrogens with zero attached hydrogens (tertiary/aromatic N) is 3. The molecular weight excluding hydrogens is 308 g/mol. The standard InChI is InChI=1S/C17H24N4O3/c1-13(22)20-8-9-21(12-15(11-20)17(24)18-2)16(23)6-5-14-4-3-7-19-10-14/h3-4,7,10,15H,5-6,8-9,11-12H2,1-2H3,(H,18,24)/t15-/m0/s1. The minimum absolute atomic E-state index is 0.00171. The first-order valence-corrected chi connectivity index (χ1v) is 8.15. The summed E-state index contributed by atoms with van der Waals surface area (Å²) in [6, 6.07) is 3.78. The second-order valence-corrected chi connectivity index (χ2v) is 5.98. The zero-order valence-electron chi connectivity index (χ0n) is 14.2. The average molecular weight is 332 g/mol. The van der Waals surface area contributed by atoms with Gasteiger partial charge in [0.05, 0.1) is 5.92 Å². The van der Waals surface area contributed by atoms with Crippen molar-refractivity contribution < 1.29 is 14.4 Å². The van der Waals surface area contributed by atoms with E-state index in [1.807, 2.05) is 12.1 Å². The minimum atomic E-state index is -0.399. The molecule has 1 aromatic rings. The van der Waals surface area contributed by atoms with Crippen molar-refractivity contribution in [2.24, 2.45) is 5.92 Å². The molecule has 7 heteroatoms. The fourth-order valence-electron chi connectivity index (χ4n) is 2.85. The van der Waals surface area contributed by atoms with E-state index in [9.17, 15) is 14.4 Å². The van der Waals surface area contributed by atoms with Gasteiger partial charge in [0.1, 0.15) is 0 Å². The molecule has 0 aliphatic carbocycles. The lowest BCUT2D eigenvalue weighted by atomic mass is 10.1. The Bertz CT molecular complexity index is 591. The second kappa shape index (κ2) is 8.42. The number of aryl methyl sites for hydroxylation is 1. The van der Waals surface area contributed by atoms with E-state index in [4.69, 9.17) is 0 Å². The monoisotopic (exact) mass is 332 g/mol. The fraction of sp³-hybridized carbons (Fsp3) is 0.529. The van der Waals surface area contributed by atoms with E-state index in [0.29, 0.717) is 39.0 Å². The van der Waals surface area contributed by atoms with Crippen molar-refractivity contribution in [3.8, 4) is 0 Å². The zero-order valence-corrected chi connectivity index (χ0v) is 14.2. The molecule has 0 spiro atoms. The molecule has 1 aliphatic rings. The summed E-state index contributed by atoms with van der Waals surface area (Å²) in [5.41, 5.74) is 1.01. The molecule has 1 aliphatic heterocycles. The molecule has 1 fully saturated rings. The molecule has 2 rings (SSSR count). The molecule has 3 amide bonds. The summed E-state index contributed by atoms with van der Waals surface area (Å²) in [6.07, 6.45) is 4.43. The molecular formula is C17H24N4O3. The molecule has 0 saturated carbocycles. The van der Waals surface area contributed by atoms with E-state index in [1.54, 1.807) is 29.2 Å². The lowest BCUT2D eigenvalue weighted by Crippen LogP contribution is -2.42. The van der Waals surface area contributed by atoms with Gasteiger partial charge in [0.15, 0.2) is 0 Å². The van der Waals surface area contributed by atoms with E-state index in [-0.39, 0.29) is 17.7 Å². The Hall–Kier alpha value is -2.44. The Labute approximate surface area is 142 Å². The van der Waals surface area contributed by atoms with Crippen molar-refractivity contribution in [2.75, 3.05) is 33.2 Å². The van der Waals surface area contributed by atoms with Gasteiger partial charge in [-0.25, -0.2) is 0 Å². The average Bonchev–Trinajstić information content (AvgIpc) is 2.83. The molecule has 24 heavy (non-hydrogen) atoms. The summed E-state index contributed by atoms with van der Waals surface area (Å²) >= 11 is 0. The van der Waals surface area contributed by atoms with Crippen molar-refractivity contribution in [3.63, 3.8) is 0 Å². The second-order valence-electron chi connectivity index (χ2n) is 5.98. The number of amides is 3. The van der Waals surface area contributed by atoms with Crippen LogP contribution in [-0.2, 0) is 20.8 Å². The van der Waals surface area contributed by atoms with Gasteiger partial charge in [-0.3, -0.25) is 19.4 Å². The number of hydrogen-bond acceptors (Lipinski definition) is 4. The molecule has 7 nitrogen and oxygen atoms in total. The van der Waals surface area contributed by atoms with Gasteiger partial charge in [-0.1, -0.05) is 6.07 Å². The molecule has 1 atom stereocenters. The van der Waals surface area contributed by atoms with Crippen LogP contribution in [0, 0.1) is 5.92 Å². The van der Waals surface area contributed by atoms with Crippen molar-refractivity contribution in [3.05, 3.63) is 30.1 Å². The first-order chi connectivity index (χ1) is 11.5. The topological polar surface area (TPSA) is 82.6 Å². The summed E-state index contributed by atoms with van der Waals surface area (Å²) in [5, 5.41) is 2.62. The Morgan fingerprint density at radius 3 is 2.58 bits per heavy atom. The van der Waals surface area contributed by atoms with Gasteiger partial charge in [0.25, 0.3) is 0 Å². The van der Waals surface area contributed by atoms with E-state index in [2.05, 4.69) is 10.3 Å². The van der Waals surface area contributed by atoms with Crippen molar-refractivity contribution in [2.45, 2.75) is 19.8 Å². The number of carbonyl (C=O) groups is 3. The van der Waals surface area contributed by atoms with Crippen LogP contribution in [0.3, 0.4) is 0 Å². The lowest BCUT2D eigenvalue weighted by molar-refractivity contribution is -0.133. The number of carbonyl (C=O) groups excluding carboxylic acids is 3. The Balaban J connectivity index is 2.00. The van der Waals surface area contributed by atoms with Gasteiger partial charge in [-0.2, -0.15) is 0 Å². The van der Waals surface area contributed by atoms with Gasteiger partial charge in [-0.05, 0) is 18.1 Å². The Kier molecular flexibility index (Phi) is 6.28. The highest BCUT2D eigenvalue weighted by Crippen LogP contribution is 2.13. The normalized spacial score (nSPS) is 18.0. The summed E-state index contributed by atoms with van der Waals surface area (Å²) in [5.74, 6) is -0.622. The van der Waals surface area contributed by atoms with Crippen LogP contribution in [0.1, 0.15) is 18.9 Å². The van der Waals surface area contributed by atoms with Crippen molar-refractivity contribution in [1.82, 2.24) is 20.1 Å². The third-order valence-corrected chi connectivity index (χ3v) is 4.29. The lowest BCUT2D eigenvalue weighted by Gasteiger charge is -2.23. The van der Waals surface area contributed by atoms with E-state index >= 15 is 0 Å². The van der Waals surface area contributed by atoms with Gasteiger partial charge in [-0.15, -0.1) is 0 Å². The third-order valence-electron chi connectivity index (χ3n) is 4.29. The number of pyridine rings is 1. The van der Waals surface area contributed by atoms with E-state index < -0.39 is 5.92 Å². The van der Waals surface area contributed by atoms with Gasteiger partial charge >= 0.3 is 0 Å². The smallest absolute Gasteiger partial charge is 0.226 e. The van der Waals surface area contributed by atoms with Crippen LogP contribution < -0.4 is 5.32 Å². The molecule has 0 aromatic carbocycles. The van der Waals surface area contributed by atoms with E-state index in [1.165, 1.54) is 6.92 Å². The van der Waals surface area contributed by atoms with E-state index in [0.717, 1.165) is 5.56 Å². The highest BCUT2D eigenvalue weighted by molar-refractivity contribution is 5.82. The fourth-order valence-corrected chi connectivity index (χ4v) is 2.85. The SMILES string of the molecule is CNC(=O)[C@H]1CN(C(C)=O)CCN(C(=O)CCc2cccnc2)C1. The summed E-state index contributed by atoms with van der Waals surface area (Å²) in [4.78, 5) is 43.6. The molecule has 130 valence electrons. The first-order valence-electron chi connectivity index (χ1n) is 8.15. The predicted molar refractivity (Wildman–Crippen MR) is 88.9 cm³/mol. The summed E-state index contributed by atoms with van der Waals surface area (Å²) in [7, 11) is 1.57. The van der Waals surface area contributed by atoms with Gasteiger partial charge in [0.2, 0.25) is 17.7 Å². The largest absolute Gasteiger partial charge is 0.359 e. The number of rotatable bonds is 4. The van der Waals surface area contributed by atoms with Crippen LogP contribution in [-0.4, -0.2) is 65.7 Å². The quantitative estimate of drug-likeness (QED) is 0.846. The van der Waals surface area contributed by atoms with Gasteiger partial charge in [0, 0.05) is 59.0 Å². The molecule has 0 bridgehead atoms. The Morgan fingerprint density at radius 1 is 1.25 bits per heavy atom. The highest BCUT2D eigenvalue weighted by atomic mass is 16.2. The maximum absolute atomic E-state index is 12.5. The maximum Gasteiger partial charge on any atom is 0.226 e. The predicted octanol–water partition coefficient (Wildman–Crippen LogP) is 0.0671. The maximum atomic E-state index is 12.5. The molecule has 0 unspecified atom stereocenters. The number of aromatic nitrogens is 1. The van der Waals surface area contributed by atoms with Gasteiger partial charge < -0.3 is 15.1 Å². The summed E-state index contributed by atoms with van der Waals surface area (Å²) < 4.78 is 0. The molecule has 0 radical (unpaired) electrons. The molecule has 1 aromatic heterocycles. The molecule has 1 saturated heterocycles. The third kappa shape index (κ3) is 4.78. The van der Waals surface area contributed by atoms with Crippen LogP contribution in [0.4, 0.5) is 0 Å². The van der Waals surface area contributed by atoms with Crippen LogP contribution in [0.25, 0.3) is 0 Å². The number of nitrogens with one attached hydrogen (secondary N) is 1. The molecule has 1 N–H and O–H groups in total. The summed E-state index contributed by atoms with van der Waals surface area (Å²) in [6.45, 7) is 3.10. The van der Waals surface area contributed by atoms with Crippen molar-refractivity contribution >= 4 is 17.7 Å². The molecule has 2 heterocycles. The minimum Gasteiger partial charge on any atom is -0.359 e. The highest BCUT2D eigenvalue weighted by Gasteiger charge is 2.30.